The molecule has 0 heterocycles. The molecule has 1 rings (SSSR count). The molecule has 0 aromatic heterocycles. The molecular formula is C10H11NO4. The first kappa shape index (κ1) is 11.4. The molecule has 5 heteroatoms. The van der Waals surface area contributed by atoms with Crippen LogP contribution in [0.25, 0.3) is 0 Å². The summed E-state index contributed by atoms with van der Waals surface area (Å²) in [6.07, 6.45) is 0.0136. The minimum Gasteiger partial charge on any atom is -0.478 e. The van der Waals surface area contributed by atoms with E-state index in [1.807, 2.05) is 0 Å². The van der Waals surface area contributed by atoms with Gasteiger partial charge in [0, 0.05) is 6.42 Å². The Labute approximate surface area is 86.4 Å². The van der Waals surface area contributed by atoms with Crippen LogP contribution in [0.4, 0.5) is 0 Å². The average Bonchev–Trinajstić information content (AvgIpc) is 2.18. The molecule has 0 saturated carbocycles. The number of aromatic carboxylic acids is 1. The predicted octanol–water partition coefficient (Wildman–Crippen LogP) is 0.387. The Kier molecular flexibility index (Phi) is 3.96. The first-order valence-electron chi connectivity index (χ1n) is 4.29. The summed E-state index contributed by atoms with van der Waals surface area (Å²) in [5.74, 6) is 3.44. The van der Waals surface area contributed by atoms with Crippen LogP contribution in [-0.4, -0.2) is 23.5 Å². The van der Waals surface area contributed by atoms with Gasteiger partial charge in [-0.2, -0.15) is 0 Å². The SMILES string of the molecule is NOCC(=O)Cc1ccccc1C(=O)O. The highest BCUT2D eigenvalue weighted by Crippen LogP contribution is 2.09. The van der Waals surface area contributed by atoms with Crippen molar-refractivity contribution >= 4 is 11.8 Å². The van der Waals surface area contributed by atoms with Gasteiger partial charge < -0.3 is 5.11 Å². The number of ketones is 1. The van der Waals surface area contributed by atoms with Gasteiger partial charge in [0.1, 0.15) is 6.61 Å². The fourth-order valence-corrected chi connectivity index (χ4v) is 1.24. The molecule has 0 amide bonds. The molecule has 0 bridgehead atoms. The van der Waals surface area contributed by atoms with E-state index in [2.05, 4.69) is 4.84 Å². The molecule has 0 fully saturated rings. The lowest BCUT2D eigenvalue weighted by molar-refractivity contribution is -0.123. The number of Topliss-reactive ketones (excluding diaryl/α,β-unsaturated/α-hetero) is 1. The Hall–Kier alpha value is -1.72. The molecule has 0 atom stereocenters. The third-order valence-electron chi connectivity index (χ3n) is 1.88. The highest BCUT2D eigenvalue weighted by molar-refractivity contribution is 5.92. The Morgan fingerprint density at radius 1 is 1.33 bits per heavy atom. The van der Waals surface area contributed by atoms with Gasteiger partial charge in [-0.05, 0) is 11.6 Å². The van der Waals surface area contributed by atoms with Gasteiger partial charge in [-0.3, -0.25) is 9.63 Å². The lowest BCUT2D eigenvalue weighted by Crippen LogP contribution is -2.16. The van der Waals surface area contributed by atoms with Gasteiger partial charge >= 0.3 is 5.97 Å². The van der Waals surface area contributed by atoms with E-state index in [0.717, 1.165) is 0 Å². The van der Waals surface area contributed by atoms with E-state index in [4.69, 9.17) is 11.0 Å². The molecule has 0 spiro atoms. The lowest BCUT2D eigenvalue weighted by Gasteiger charge is -2.04. The summed E-state index contributed by atoms with van der Waals surface area (Å²) in [5, 5.41) is 8.84. The molecule has 0 saturated heterocycles. The van der Waals surface area contributed by atoms with Crippen molar-refractivity contribution in [3.8, 4) is 0 Å². The van der Waals surface area contributed by atoms with Crippen LogP contribution in [0.1, 0.15) is 15.9 Å². The maximum Gasteiger partial charge on any atom is 0.335 e. The van der Waals surface area contributed by atoms with Gasteiger partial charge in [0.25, 0.3) is 0 Å². The summed E-state index contributed by atoms with van der Waals surface area (Å²) in [6.45, 7) is -0.214. The van der Waals surface area contributed by atoms with Crippen LogP contribution in [0.15, 0.2) is 24.3 Å². The molecule has 0 aliphatic carbocycles. The average molecular weight is 209 g/mol. The Morgan fingerprint density at radius 2 is 2.00 bits per heavy atom. The molecule has 1 aromatic carbocycles. The fraction of sp³-hybridized carbons (Fsp3) is 0.200. The number of rotatable bonds is 5. The summed E-state index contributed by atoms with van der Waals surface area (Å²) < 4.78 is 0. The number of carboxylic acids is 1. The van der Waals surface area contributed by atoms with Crippen molar-refractivity contribution in [3.63, 3.8) is 0 Å². The molecule has 0 unspecified atom stereocenters. The topological polar surface area (TPSA) is 89.6 Å². The second-order valence-electron chi connectivity index (χ2n) is 2.99. The third-order valence-corrected chi connectivity index (χ3v) is 1.88. The number of hydrogen-bond donors (Lipinski definition) is 2. The zero-order valence-corrected chi connectivity index (χ0v) is 7.97. The smallest absolute Gasteiger partial charge is 0.335 e. The zero-order chi connectivity index (χ0) is 11.3. The molecule has 0 aliphatic rings. The van der Waals surface area contributed by atoms with E-state index in [-0.39, 0.29) is 24.4 Å². The van der Waals surface area contributed by atoms with Crippen molar-refractivity contribution in [2.45, 2.75) is 6.42 Å². The van der Waals surface area contributed by atoms with E-state index >= 15 is 0 Å². The number of carboxylic acid groups (broad SMARTS) is 1. The van der Waals surface area contributed by atoms with E-state index in [1.165, 1.54) is 6.07 Å². The number of carbonyl (C=O) groups is 2. The lowest BCUT2D eigenvalue weighted by atomic mass is 10.0. The second kappa shape index (κ2) is 5.23. The normalized spacial score (nSPS) is 9.93. The molecule has 1 aromatic rings. The van der Waals surface area contributed by atoms with Crippen LogP contribution in [0, 0.1) is 0 Å². The molecule has 15 heavy (non-hydrogen) atoms. The van der Waals surface area contributed by atoms with E-state index in [0.29, 0.717) is 5.56 Å². The summed E-state index contributed by atoms with van der Waals surface area (Å²) in [7, 11) is 0. The number of carbonyl (C=O) groups excluding carboxylic acids is 1. The molecule has 0 radical (unpaired) electrons. The maximum atomic E-state index is 11.2. The van der Waals surface area contributed by atoms with Gasteiger partial charge in [-0.15, -0.1) is 0 Å². The number of nitrogens with two attached hydrogens (primary N) is 1. The molecule has 3 N–H and O–H groups in total. The third kappa shape index (κ3) is 3.16. The van der Waals surface area contributed by atoms with Gasteiger partial charge in [0.05, 0.1) is 5.56 Å². The Balaban J connectivity index is 2.84. The van der Waals surface area contributed by atoms with Crippen molar-refractivity contribution in [1.82, 2.24) is 0 Å². The number of benzene rings is 1. The van der Waals surface area contributed by atoms with Crippen LogP contribution in [0.5, 0.6) is 0 Å². The summed E-state index contributed by atoms with van der Waals surface area (Å²) >= 11 is 0. The van der Waals surface area contributed by atoms with E-state index in [9.17, 15) is 9.59 Å². The summed E-state index contributed by atoms with van der Waals surface area (Å²) in [5.41, 5.74) is 0.593. The van der Waals surface area contributed by atoms with Crippen molar-refractivity contribution in [2.24, 2.45) is 5.90 Å². The van der Waals surface area contributed by atoms with E-state index < -0.39 is 5.97 Å². The highest BCUT2D eigenvalue weighted by Gasteiger charge is 2.12. The van der Waals surface area contributed by atoms with Crippen molar-refractivity contribution < 1.29 is 19.5 Å². The maximum absolute atomic E-state index is 11.2. The minimum absolute atomic E-state index is 0.0136. The zero-order valence-electron chi connectivity index (χ0n) is 7.97. The predicted molar refractivity (Wildman–Crippen MR) is 52.3 cm³/mol. The monoisotopic (exact) mass is 209 g/mol. The van der Waals surface area contributed by atoms with Crippen LogP contribution < -0.4 is 5.90 Å². The van der Waals surface area contributed by atoms with Gasteiger partial charge in [0.15, 0.2) is 5.78 Å². The van der Waals surface area contributed by atoms with Gasteiger partial charge in [-0.1, -0.05) is 18.2 Å². The first-order valence-corrected chi connectivity index (χ1v) is 4.29. The molecule has 80 valence electrons. The first-order chi connectivity index (χ1) is 7.15. The Bertz CT molecular complexity index is 375. The van der Waals surface area contributed by atoms with Crippen LogP contribution in [0.2, 0.25) is 0 Å². The number of hydrogen-bond acceptors (Lipinski definition) is 4. The Morgan fingerprint density at radius 3 is 2.60 bits per heavy atom. The summed E-state index contributed by atoms with van der Waals surface area (Å²) in [6, 6.07) is 6.33. The highest BCUT2D eigenvalue weighted by atomic mass is 16.6. The second-order valence-corrected chi connectivity index (χ2v) is 2.99. The standard InChI is InChI=1S/C10H11NO4/c11-15-6-8(12)5-7-3-1-2-4-9(7)10(13)14/h1-4H,5-6,11H2,(H,13,14). The summed E-state index contributed by atoms with van der Waals surface area (Å²) in [4.78, 5) is 26.2. The van der Waals surface area contributed by atoms with Gasteiger partial charge in [0.2, 0.25) is 0 Å². The minimum atomic E-state index is -1.05. The van der Waals surface area contributed by atoms with Crippen LogP contribution in [0.3, 0.4) is 0 Å². The largest absolute Gasteiger partial charge is 0.478 e. The van der Waals surface area contributed by atoms with E-state index in [1.54, 1.807) is 18.2 Å². The quantitative estimate of drug-likeness (QED) is 0.684. The van der Waals surface area contributed by atoms with Crippen molar-refractivity contribution in [1.29, 1.82) is 0 Å². The van der Waals surface area contributed by atoms with Gasteiger partial charge in [-0.25, -0.2) is 10.7 Å². The fourth-order valence-electron chi connectivity index (χ4n) is 1.24. The van der Waals surface area contributed by atoms with Crippen LogP contribution >= 0.6 is 0 Å². The molecular weight excluding hydrogens is 198 g/mol. The van der Waals surface area contributed by atoms with Crippen molar-refractivity contribution in [3.05, 3.63) is 35.4 Å². The van der Waals surface area contributed by atoms with Crippen molar-refractivity contribution in [2.75, 3.05) is 6.61 Å². The molecule has 0 aliphatic heterocycles. The molecule has 5 nitrogen and oxygen atoms in total. The van der Waals surface area contributed by atoms with Crippen LogP contribution in [-0.2, 0) is 16.1 Å².